The lowest BCUT2D eigenvalue weighted by Crippen LogP contribution is -2.15. The van der Waals surface area contributed by atoms with Crippen LogP contribution in [0.3, 0.4) is 0 Å². The predicted molar refractivity (Wildman–Crippen MR) is 65.5 cm³/mol. The van der Waals surface area contributed by atoms with Gasteiger partial charge >= 0.3 is 0 Å². The van der Waals surface area contributed by atoms with Crippen LogP contribution in [0.1, 0.15) is 32.8 Å². The topological polar surface area (TPSA) is 9.23 Å². The minimum atomic E-state index is 0.247. The third-order valence-corrected chi connectivity index (χ3v) is 2.89. The summed E-state index contributed by atoms with van der Waals surface area (Å²) in [5.41, 5.74) is 1.60. The van der Waals surface area contributed by atoms with Crippen molar-refractivity contribution in [3.8, 4) is 5.75 Å². The monoisotopic (exact) mass is 204 g/mol. The van der Waals surface area contributed by atoms with Crippen LogP contribution >= 0.6 is 0 Å². The van der Waals surface area contributed by atoms with E-state index in [9.17, 15) is 0 Å². The second-order valence-corrected chi connectivity index (χ2v) is 4.36. The molecule has 1 aromatic carbocycles. The summed E-state index contributed by atoms with van der Waals surface area (Å²) < 4.78 is 5.44. The Kier molecular flexibility index (Phi) is 3.96. The minimum Gasteiger partial charge on any atom is -0.490 e. The van der Waals surface area contributed by atoms with Crippen LogP contribution in [-0.4, -0.2) is 6.61 Å². The van der Waals surface area contributed by atoms with Gasteiger partial charge in [-0.25, -0.2) is 0 Å². The fraction of sp³-hybridized carbons (Fsp3) is 0.429. The molecule has 0 atom stereocenters. The molecular weight excluding hydrogens is 184 g/mol. The summed E-state index contributed by atoms with van der Waals surface area (Å²) in [5, 5.41) is 0. The standard InChI is InChI=1S/C14H20O/c1-5-11-15-13-9-7-12(8-10-13)14(3,4)6-2/h5,7-10H,1,6,11H2,2-4H3. The van der Waals surface area contributed by atoms with Gasteiger partial charge in [-0.05, 0) is 29.5 Å². The van der Waals surface area contributed by atoms with E-state index < -0.39 is 0 Å². The first-order valence-corrected chi connectivity index (χ1v) is 5.44. The number of ether oxygens (including phenoxy) is 1. The highest BCUT2D eigenvalue weighted by atomic mass is 16.5. The summed E-state index contributed by atoms with van der Waals surface area (Å²) in [6.45, 7) is 10.9. The molecule has 0 aromatic heterocycles. The lowest BCUT2D eigenvalue weighted by molar-refractivity contribution is 0.362. The smallest absolute Gasteiger partial charge is 0.119 e. The molecule has 0 saturated heterocycles. The van der Waals surface area contributed by atoms with Crippen molar-refractivity contribution in [3.63, 3.8) is 0 Å². The van der Waals surface area contributed by atoms with Crippen molar-refractivity contribution in [2.45, 2.75) is 32.6 Å². The summed E-state index contributed by atoms with van der Waals surface area (Å²) in [6, 6.07) is 8.33. The van der Waals surface area contributed by atoms with E-state index in [0.717, 1.165) is 12.2 Å². The van der Waals surface area contributed by atoms with Gasteiger partial charge in [-0.3, -0.25) is 0 Å². The fourth-order valence-electron chi connectivity index (χ4n) is 1.36. The number of rotatable bonds is 5. The van der Waals surface area contributed by atoms with Gasteiger partial charge in [-0.15, -0.1) is 0 Å². The van der Waals surface area contributed by atoms with E-state index in [-0.39, 0.29) is 5.41 Å². The number of hydrogen-bond donors (Lipinski definition) is 0. The van der Waals surface area contributed by atoms with Crippen LogP contribution in [-0.2, 0) is 5.41 Å². The summed E-state index contributed by atoms with van der Waals surface area (Å²) in [5.74, 6) is 0.908. The first kappa shape index (κ1) is 11.8. The van der Waals surface area contributed by atoms with E-state index in [0.29, 0.717) is 6.61 Å². The van der Waals surface area contributed by atoms with Gasteiger partial charge in [-0.1, -0.05) is 45.6 Å². The van der Waals surface area contributed by atoms with E-state index >= 15 is 0 Å². The maximum atomic E-state index is 5.44. The first-order valence-electron chi connectivity index (χ1n) is 5.44. The normalized spacial score (nSPS) is 11.1. The molecule has 1 aromatic rings. The van der Waals surface area contributed by atoms with Crippen molar-refractivity contribution in [3.05, 3.63) is 42.5 Å². The number of hydrogen-bond acceptors (Lipinski definition) is 1. The van der Waals surface area contributed by atoms with Crippen LogP contribution in [0.4, 0.5) is 0 Å². The van der Waals surface area contributed by atoms with E-state index in [4.69, 9.17) is 4.74 Å². The molecule has 0 heterocycles. The Balaban J connectivity index is 2.76. The third-order valence-electron chi connectivity index (χ3n) is 2.89. The molecular formula is C14H20O. The molecule has 0 spiro atoms. The van der Waals surface area contributed by atoms with E-state index in [1.807, 2.05) is 12.1 Å². The fourth-order valence-corrected chi connectivity index (χ4v) is 1.36. The van der Waals surface area contributed by atoms with Crippen molar-refractivity contribution >= 4 is 0 Å². The number of benzene rings is 1. The molecule has 1 nitrogen and oxygen atoms in total. The van der Waals surface area contributed by atoms with Gasteiger partial charge in [0.2, 0.25) is 0 Å². The SMILES string of the molecule is C=CCOc1ccc(C(C)(C)CC)cc1. The zero-order valence-electron chi connectivity index (χ0n) is 9.92. The van der Waals surface area contributed by atoms with Gasteiger partial charge < -0.3 is 4.74 Å². The molecule has 0 bridgehead atoms. The Morgan fingerprint density at radius 2 is 1.87 bits per heavy atom. The molecule has 0 amide bonds. The molecule has 1 rings (SSSR count). The molecule has 82 valence electrons. The van der Waals surface area contributed by atoms with Crippen LogP contribution in [0, 0.1) is 0 Å². The van der Waals surface area contributed by atoms with Gasteiger partial charge in [0.05, 0.1) is 0 Å². The zero-order valence-corrected chi connectivity index (χ0v) is 9.92. The van der Waals surface area contributed by atoms with Gasteiger partial charge in [0, 0.05) is 0 Å². The Morgan fingerprint density at radius 1 is 1.27 bits per heavy atom. The van der Waals surface area contributed by atoms with Gasteiger partial charge in [0.25, 0.3) is 0 Å². The Hall–Kier alpha value is -1.24. The van der Waals surface area contributed by atoms with Gasteiger partial charge in [-0.2, -0.15) is 0 Å². The van der Waals surface area contributed by atoms with Gasteiger partial charge in [0.15, 0.2) is 0 Å². The van der Waals surface area contributed by atoms with Crippen LogP contribution in [0.5, 0.6) is 5.75 Å². The maximum Gasteiger partial charge on any atom is 0.119 e. The zero-order chi connectivity index (χ0) is 11.3. The molecule has 0 saturated carbocycles. The molecule has 0 fully saturated rings. The molecule has 0 unspecified atom stereocenters. The summed E-state index contributed by atoms with van der Waals surface area (Å²) >= 11 is 0. The van der Waals surface area contributed by atoms with Crippen LogP contribution in [0.15, 0.2) is 36.9 Å². The summed E-state index contributed by atoms with van der Waals surface area (Å²) in [7, 11) is 0. The van der Waals surface area contributed by atoms with Crippen molar-refractivity contribution in [2.75, 3.05) is 6.61 Å². The molecule has 0 aliphatic rings. The molecule has 0 aliphatic carbocycles. The van der Waals surface area contributed by atoms with Crippen LogP contribution in [0.2, 0.25) is 0 Å². The minimum absolute atomic E-state index is 0.247. The summed E-state index contributed by atoms with van der Waals surface area (Å²) in [4.78, 5) is 0. The van der Waals surface area contributed by atoms with Crippen molar-refractivity contribution in [1.29, 1.82) is 0 Å². The highest BCUT2D eigenvalue weighted by Gasteiger charge is 2.17. The molecule has 0 N–H and O–H groups in total. The van der Waals surface area contributed by atoms with Crippen molar-refractivity contribution in [2.24, 2.45) is 0 Å². The average molecular weight is 204 g/mol. The molecule has 0 radical (unpaired) electrons. The van der Waals surface area contributed by atoms with E-state index in [1.165, 1.54) is 5.56 Å². The predicted octanol–water partition coefficient (Wildman–Crippen LogP) is 3.94. The molecule has 1 heteroatoms. The largest absolute Gasteiger partial charge is 0.490 e. The van der Waals surface area contributed by atoms with Crippen molar-refractivity contribution < 1.29 is 4.74 Å². The Bertz CT molecular complexity index is 309. The third kappa shape index (κ3) is 3.12. The Labute approximate surface area is 92.8 Å². The lowest BCUT2D eigenvalue weighted by Gasteiger charge is -2.23. The highest BCUT2D eigenvalue weighted by molar-refractivity contribution is 5.31. The van der Waals surface area contributed by atoms with Crippen LogP contribution < -0.4 is 4.74 Å². The van der Waals surface area contributed by atoms with Gasteiger partial charge in [0.1, 0.15) is 12.4 Å². The highest BCUT2D eigenvalue weighted by Crippen LogP contribution is 2.27. The molecule has 0 aliphatic heterocycles. The summed E-state index contributed by atoms with van der Waals surface area (Å²) in [6.07, 6.45) is 2.89. The Morgan fingerprint density at radius 3 is 2.33 bits per heavy atom. The van der Waals surface area contributed by atoms with E-state index in [1.54, 1.807) is 6.08 Å². The van der Waals surface area contributed by atoms with Crippen molar-refractivity contribution in [1.82, 2.24) is 0 Å². The second-order valence-electron chi connectivity index (χ2n) is 4.36. The maximum absolute atomic E-state index is 5.44. The van der Waals surface area contributed by atoms with Crippen LogP contribution in [0.25, 0.3) is 0 Å². The van der Waals surface area contributed by atoms with E-state index in [2.05, 4.69) is 39.5 Å². The first-order chi connectivity index (χ1) is 7.10. The quantitative estimate of drug-likeness (QED) is 0.660. The lowest BCUT2D eigenvalue weighted by atomic mass is 9.82. The average Bonchev–Trinajstić information content (AvgIpc) is 2.27. The molecule has 15 heavy (non-hydrogen) atoms. The second kappa shape index (κ2) is 5.01.